The maximum atomic E-state index is 13.0. The minimum Gasteiger partial charge on any atom is -0.345 e. The van der Waals surface area contributed by atoms with Gasteiger partial charge in [0.2, 0.25) is 5.91 Å². The number of thiazole rings is 1. The fraction of sp³-hybridized carbons (Fsp3) is 0.667. The summed E-state index contributed by atoms with van der Waals surface area (Å²) in [5.74, 6) is -0.346. The fourth-order valence-corrected chi connectivity index (χ4v) is 5.12. The minimum absolute atomic E-state index is 0.152. The molecule has 1 saturated carbocycles. The third-order valence-electron chi connectivity index (χ3n) is 6.10. The number of urea groups is 1. The second-order valence-corrected chi connectivity index (χ2v) is 8.38. The van der Waals surface area contributed by atoms with Crippen molar-refractivity contribution < 1.29 is 14.4 Å². The van der Waals surface area contributed by atoms with Gasteiger partial charge in [-0.2, -0.15) is 0 Å². The van der Waals surface area contributed by atoms with Gasteiger partial charge in [0, 0.05) is 44.8 Å². The summed E-state index contributed by atoms with van der Waals surface area (Å²) in [5, 5.41) is 2.91. The van der Waals surface area contributed by atoms with Crippen LogP contribution in [0.15, 0.2) is 11.6 Å². The Morgan fingerprint density at radius 1 is 1.15 bits per heavy atom. The third kappa shape index (κ3) is 3.07. The highest BCUT2D eigenvalue weighted by atomic mass is 32.1. The molecule has 9 heteroatoms. The van der Waals surface area contributed by atoms with Gasteiger partial charge in [0.05, 0.1) is 0 Å². The molecular weight excluding hydrogens is 366 g/mol. The lowest BCUT2D eigenvalue weighted by molar-refractivity contribution is -0.140. The Morgan fingerprint density at radius 3 is 2.48 bits per heavy atom. The average molecular weight is 391 g/mol. The van der Waals surface area contributed by atoms with Crippen molar-refractivity contribution in [2.45, 2.75) is 37.6 Å². The molecule has 1 aromatic rings. The summed E-state index contributed by atoms with van der Waals surface area (Å²) in [7, 11) is 1.70. The summed E-state index contributed by atoms with van der Waals surface area (Å²) < 4.78 is 0. The Bertz CT molecular complexity index is 723. The lowest BCUT2D eigenvalue weighted by Gasteiger charge is -2.36. The highest BCUT2D eigenvalue weighted by Crippen LogP contribution is 2.39. The number of rotatable bonds is 3. The molecule has 27 heavy (non-hydrogen) atoms. The van der Waals surface area contributed by atoms with Gasteiger partial charge in [-0.05, 0) is 12.8 Å². The Labute approximate surface area is 162 Å². The molecule has 146 valence electrons. The molecule has 3 heterocycles. The number of likely N-dealkylation sites (N-methyl/N-ethyl adjacent to an activating group) is 1. The van der Waals surface area contributed by atoms with Crippen molar-refractivity contribution in [2.24, 2.45) is 0 Å². The van der Waals surface area contributed by atoms with Gasteiger partial charge in [-0.15, -0.1) is 11.3 Å². The summed E-state index contributed by atoms with van der Waals surface area (Å²) in [4.78, 5) is 49.4. The molecule has 1 spiro atoms. The summed E-state index contributed by atoms with van der Waals surface area (Å²) in [5.41, 5.74) is -0.723. The molecule has 1 aromatic heterocycles. The first kappa shape index (κ1) is 18.2. The molecule has 1 aliphatic carbocycles. The van der Waals surface area contributed by atoms with Crippen LogP contribution >= 0.6 is 11.3 Å². The van der Waals surface area contributed by atoms with E-state index in [1.54, 1.807) is 34.4 Å². The van der Waals surface area contributed by atoms with E-state index in [1.807, 2.05) is 5.38 Å². The van der Waals surface area contributed by atoms with Crippen molar-refractivity contribution in [3.05, 3.63) is 11.6 Å². The molecule has 3 aliphatic rings. The standard InChI is InChI=1S/C18H25N5O3S/c1-20-17(26)23(15(25)18(20)5-3-2-4-6-18)13-14(24)21-8-10-22(11-9-21)16-19-7-12-27-16/h7,12H,2-6,8-11,13H2,1H3. The number of imide groups is 1. The number of amides is 4. The van der Waals surface area contributed by atoms with Crippen molar-refractivity contribution in [3.63, 3.8) is 0 Å². The minimum atomic E-state index is -0.723. The van der Waals surface area contributed by atoms with Crippen LogP contribution in [0.1, 0.15) is 32.1 Å². The first-order valence-electron chi connectivity index (χ1n) is 9.55. The van der Waals surface area contributed by atoms with Crippen LogP contribution < -0.4 is 4.90 Å². The first-order chi connectivity index (χ1) is 13.0. The van der Waals surface area contributed by atoms with Crippen LogP contribution in [0, 0.1) is 0 Å². The van der Waals surface area contributed by atoms with E-state index in [0.29, 0.717) is 39.0 Å². The normalized spacial score (nSPS) is 22.9. The number of carbonyl (C=O) groups is 3. The molecule has 0 N–H and O–H groups in total. The molecule has 0 atom stereocenters. The molecule has 4 rings (SSSR count). The second kappa shape index (κ2) is 7.10. The van der Waals surface area contributed by atoms with E-state index in [1.165, 1.54) is 4.90 Å². The molecule has 8 nitrogen and oxygen atoms in total. The number of hydrogen-bond donors (Lipinski definition) is 0. The molecule has 0 bridgehead atoms. The zero-order valence-corrected chi connectivity index (χ0v) is 16.4. The number of anilines is 1. The smallest absolute Gasteiger partial charge is 0.327 e. The van der Waals surface area contributed by atoms with Crippen LogP contribution in [0.2, 0.25) is 0 Å². The maximum Gasteiger partial charge on any atom is 0.327 e. The topological polar surface area (TPSA) is 77.1 Å². The van der Waals surface area contributed by atoms with E-state index < -0.39 is 5.54 Å². The summed E-state index contributed by atoms with van der Waals surface area (Å²) in [6.07, 6.45) is 6.17. The summed E-state index contributed by atoms with van der Waals surface area (Å²) in [6.45, 7) is 2.43. The number of piperazine rings is 1. The van der Waals surface area contributed by atoms with Gasteiger partial charge in [0.15, 0.2) is 5.13 Å². The molecule has 0 aromatic carbocycles. The number of carbonyl (C=O) groups excluding carboxylic acids is 3. The number of hydrogen-bond acceptors (Lipinski definition) is 6. The number of nitrogens with zero attached hydrogens (tertiary/aromatic N) is 5. The van der Waals surface area contributed by atoms with Crippen molar-refractivity contribution >= 4 is 34.3 Å². The van der Waals surface area contributed by atoms with Gasteiger partial charge in [-0.25, -0.2) is 9.78 Å². The molecule has 2 saturated heterocycles. The monoisotopic (exact) mass is 391 g/mol. The van der Waals surface area contributed by atoms with Crippen LogP contribution in [0.25, 0.3) is 0 Å². The van der Waals surface area contributed by atoms with Crippen LogP contribution in [0.3, 0.4) is 0 Å². The average Bonchev–Trinajstić information content (AvgIpc) is 3.30. The lowest BCUT2D eigenvalue weighted by Crippen LogP contribution is -2.52. The number of aromatic nitrogens is 1. The van der Waals surface area contributed by atoms with Crippen molar-refractivity contribution in [2.75, 3.05) is 44.7 Å². The maximum absolute atomic E-state index is 13.0. The Balaban J connectivity index is 1.38. The fourth-order valence-electron chi connectivity index (χ4n) is 4.43. The van der Waals surface area contributed by atoms with E-state index >= 15 is 0 Å². The molecular formula is C18H25N5O3S. The Hall–Kier alpha value is -2.16. The van der Waals surface area contributed by atoms with Crippen LogP contribution in [-0.2, 0) is 9.59 Å². The zero-order chi connectivity index (χ0) is 19.0. The summed E-state index contributed by atoms with van der Waals surface area (Å²) in [6, 6.07) is -0.336. The van der Waals surface area contributed by atoms with E-state index in [2.05, 4.69) is 9.88 Å². The predicted molar refractivity (Wildman–Crippen MR) is 102 cm³/mol. The van der Waals surface area contributed by atoms with E-state index in [4.69, 9.17) is 0 Å². The highest BCUT2D eigenvalue weighted by molar-refractivity contribution is 7.13. The van der Waals surface area contributed by atoms with Gasteiger partial charge >= 0.3 is 6.03 Å². The Morgan fingerprint density at radius 2 is 1.85 bits per heavy atom. The molecule has 0 unspecified atom stereocenters. The van der Waals surface area contributed by atoms with Crippen molar-refractivity contribution in [1.29, 1.82) is 0 Å². The van der Waals surface area contributed by atoms with Gasteiger partial charge in [0.25, 0.3) is 5.91 Å². The van der Waals surface area contributed by atoms with Gasteiger partial charge in [-0.3, -0.25) is 14.5 Å². The molecule has 4 amide bonds. The van der Waals surface area contributed by atoms with Crippen LogP contribution in [-0.4, -0.2) is 82.8 Å². The van der Waals surface area contributed by atoms with Crippen LogP contribution in [0.4, 0.5) is 9.93 Å². The summed E-state index contributed by atoms with van der Waals surface area (Å²) >= 11 is 1.59. The van der Waals surface area contributed by atoms with E-state index in [9.17, 15) is 14.4 Å². The highest BCUT2D eigenvalue weighted by Gasteiger charge is 2.56. The van der Waals surface area contributed by atoms with E-state index in [-0.39, 0.29) is 24.4 Å². The first-order valence-corrected chi connectivity index (χ1v) is 10.4. The largest absolute Gasteiger partial charge is 0.345 e. The van der Waals surface area contributed by atoms with Gasteiger partial charge in [-0.1, -0.05) is 19.3 Å². The second-order valence-electron chi connectivity index (χ2n) is 7.51. The molecule has 0 radical (unpaired) electrons. The van der Waals surface area contributed by atoms with Crippen molar-refractivity contribution in [1.82, 2.24) is 19.7 Å². The van der Waals surface area contributed by atoms with Gasteiger partial charge in [0.1, 0.15) is 12.1 Å². The SMILES string of the molecule is CN1C(=O)N(CC(=O)N2CCN(c3nccs3)CC2)C(=O)C12CCCCC2. The quantitative estimate of drug-likeness (QED) is 0.728. The van der Waals surface area contributed by atoms with Crippen LogP contribution in [0.5, 0.6) is 0 Å². The lowest BCUT2D eigenvalue weighted by atomic mass is 9.81. The van der Waals surface area contributed by atoms with Gasteiger partial charge < -0.3 is 14.7 Å². The predicted octanol–water partition coefficient (Wildman–Crippen LogP) is 1.39. The van der Waals surface area contributed by atoms with Crippen molar-refractivity contribution in [3.8, 4) is 0 Å². The zero-order valence-electron chi connectivity index (χ0n) is 15.6. The van der Waals surface area contributed by atoms with E-state index in [0.717, 1.165) is 24.4 Å². The molecule has 2 aliphatic heterocycles. The Kier molecular flexibility index (Phi) is 4.79. The molecule has 3 fully saturated rings. The third-order valence-corrected chi connectivity index (χ3v) is 6.93.